The summed E-state index contributed by atoms with van der Waals surface area (Å²) in [6.45, 7) is -0.249. The van der Waals surface area contributed by atoms with Crippen molar-refractivity contribution < 1.29 is 27.8 Å². The molecule has 3 rings (SSSR count). The van der Waals surface area contributed by atoms with Crippen molar-refractivity contribution in [3.05, 3.63) is 95.6 Å². The quantitative estimate of drug-likeness (QED) is 0.367. The number of carbonyl (C=O) groups is 2. The van der Waals surface area contributed by atoms with E-state index >= 15 is 0 Å². The van der Waals surface area contributed by atoms with E-state index in [2.05, 4.69) is 0 Å². The Kier molecular flexibility index (Phi) is 5.56. The van der Waals surface area contributed by atoms with E-state index in [0.717, 1.165) is 12.1 Å². The highest BCUT2D eigenvalue weighted by Gasteiger charge is 2.11. The highest BCUT2D eigenvalue weighted by atomic mass is 19.1. The number of carbonyl (C=O) groups excluding carboxylic acids is 2. The average Bonchev–Trinajstić information content (AvgIpc) is 2.67. The Morgan fingerprint density at radius 1 is 0.741 bits per heavy atom. The predicted molar refractivity (Wildman–Crippen MR) is 94.0 cm³/mol. The molecule has 0 radical (unpaired) electrons. The van der Waals surface area contributed by atoms with Crippen LogP contribution in [0.5, 0.6) is 11.5 Å². The summed E-state index contributed by atoms with van der Waals surface area (Å²) < 4.78 is 36.4. The maximum absolute atomic E-state index is 12.9. The molecule has 4 nitrogen and oxygen atoms in total. The molecular formula is C21H14F2O4. The molecule has 0 unspecified atom stereocenters. The fourth-order valence-electron chi connectivity index (χ4n) is 2.25. The minimum atomic E-state index is -0.644. The monoisotopic (exact) mass is 368 g/mol. The van der Waals surface area contributed by atoms with Crippen LogP contribution < -0.4 is 9.47 Å². The number of Topliss-reactive ketones (excluding diaryl/α,β-unsaturated/α-hetero) is 1. The van der Waals surface area contributed by atoms with Crippen molar-refractivity contribution >= 4 is 11.8 Å². The summed E-state index contributed by atoms with van der Waals surface area (Å²) in [5, 5.41) is 0. The highest BCUT2D eigenvalue weighted by molar-refractivity contribution is 5.97. The van der Waals surface area contributed by atoms with Gasteiger partial charge in [-0.3, -0.25) is 4.79 Å². The number of ketones is 1. The Hall–Kier alpha value is -3.54. The maximum Gasteiger partial charge on any atom is 0.343 e. The lowest BCUT2D eigenvalue weighted by Crippen LogP contribution is -2.12. The summed E-state index contributed by atoms with van der Waals surface area (Å²) in [7, 11) is 0. The molecule has 0 fully saturated rings. The molecule has 0 spiro atoms. The van der Waals surface area contributed by atoms with Crippen LogP contribution in [-0.2, 0) is 0 Å². The number of hydrogen-bond donors (Lipinski definition) is 0. The maximum atomic E-state index is 12.9. The molecule has 0 aliphatic rings. The summed E-state index contributed by atoms with van der Waals surface area (Å²) in [4.78, 5) is 24.1. The Morgan fingerprint density at radius 2 is 1.30 bits per heavy atom. The zero-order valence-electron chi connectivity index (χ0n) is 14.0. The van der Waals surface area contributed by atoms with Gasteiger partial charge in [-0.05, 0) is 60.7 Å². The van der Waals surface area contributed by atoms with Gasteiger partial charge in [0, 0.05) is 11.6 Å². The fourth-order valence-corrected chi connectivity index (χ4v) is 2.25. The second-order valence-electron chi connectivity index (χ2n) is 5.59. The van der Waals surface area contributed by atoms with E-state index in [4.69, 9.17) is 9.47 Å². The number of halogens is 2. The Morgan fingerprint density at radius 3 is 1.93 bits per heavy atom. The smallest absolute Gasteiger partial charge is 0.343 e. The summed E-state index contributed by atoms with van der Waals surface area (Å²) in [5.41, 5.74) is 0.532. The van der Waals surface area contributed by atoms with Crippen LogP contribution in [-0.4, -0.2) is 18.4 Å². The zero-order valence-corrected chi connectivity index (χ0v) is 14.0. The van der Waals surface area contributed by atoms with Crippen molar-refractivity contribution in [3.8, 4) is 11.5 Å². The third-order valence-corrected chi connectivity index (χ3v) is 3.63. The van der Waals surface area contributed by atoms with Gasteiger partial charge in [-0.15, -0.1) is 0 Å². The molecule has 0 heterocycles. The molecule has 0 saturated carbocycles. The average molecular weight is 368 g/mol. The zero-order chi connectivity index (χ0) is 19.2. The van der Waals surface area contributed by atoms with Gasteiger partial charge in [0.05, 0.1) is 5.56 Å². The van der Waals surface area contributed by atoms with E-state index in [1.165, 1.54) is 42.5 Å². The number of esters is 1. The first kappa shape index (κ1) is 18.3. The summed E-state index contributed by atoms with van der Waals surface area (Å²) in [6.07, 6.45) is 0. The van der Waals surface area contributed by atoms with Gasteiger partial charge in [-0.1, -0.05) is 6.07 Å². The van der Waals surface area contributed by atoms with Crippen molar-refractivity contribution in [1.82, 2.24) is 0 Å². The normalized spacial score (nSPS) is 10.3. The van der Waals surface area contributed by atoms with Crippen LogP contribution in [0.2, 0.25) is 0 Å². The number of benzene rings is 3. The van der Waals surface area contributed by atoms with E-state index < -0.39 is 17.6 Å². The van der Waals surface area contributed by atoms with Crippen LogP contribution in [0, 0.1) is 11.6 Å². The molecule has 0 bridgehead atoms. The van der Waals surface area contributed by atoms with Crippen LogP contribution in [0.4, 0.5) is 8.78 Å². The largest absolute Gasteiger partial charge is 0.485 e. The highest BCUT2D eigenvalue weighted by Crippen LogP contribution is 2.21. The summed E-state index contributed by atoms with van der Waals surface area (Å²) >= 11 is 0. The van der Waals surface area contributed by atoms with Crippen LogP contribution in [0.25, 0.3) is 0 Å². The molecule has 0 amide bonds. The molecular weight excluding hydrogens is 354 g/mol. The number of hydrogen-bond acceptors (Lipinski definition) is 4. The van der Waals surface area contributed by atoms with Gasteiger partial charge in [0.15, 0.2) is 12.4 Å². The fraction of sp³-hybridized carbons (Fsp3) is 0.0476. The van der Waals surface area contributed by atoms with E-state index in [1.54, 1.807) is 18.2 Å². The van der Waals surface area contributed by atoms with E-state index in [-0.39, 0.29) is 23.7 Å². The number of rotatable bonds is 6. The van der Waals surface area contributed by atoms with Crippen molar-refractivity contribution in [2.24, 2.45) is 0 Å². The lowest BCUT2D eigenvalue weighted by Gasteiger charge is -2.08. The van der Waals surface area contributed by atoms with Gasteiger partial charge in [-0.25, -0.2) is 13.6 Å². The van der Waals surface area contributed by atoms with Gasteiger partial charge >= 0.3 is 5.97 Å². The first-order valence-electron chi connectivity index (χ1n) is 8.00. The standard InChI is InChI=1S/C21H14F2O4/c22-16-8-4-14(5-9-16)20(24)13-26-18-2-1-3-19(12-18)27-21(25)15-6-10-17(23)11-7-15/h1-12H,13H2. The minimum Gasteiger partial charge on any atom is -0.485 e. The lowest BCUT2D eigenvalue weighted by molar-refractivity contribution is 0.0733. The van der Waals surface area contributed by atoms with Gasteiger partial charge in [-0.2, -0.15) is 0 Å². The van der Waals surface area contributed by atoms with Crippen molar-refractivity contribution in [1.29, 1.82) is 0 Å². The third-order valence-electron chi connectivity index (χ3n) is 3.63. The second-order valence-corrected chi connectivity index (χ2v) is 5.59. The minimum absolute atomic E-state index is 0.203. The Balaban J connectivity index is 1.61. The van der Waals surface area contributed by atoms with Crippen LogP contribution >= 0.6 is 0 Å². The molecule has 6 heteroatoms. The second kappa shape index (κ2) is 8.23. The lowest BCUT2D eigenvalue weighted by atomic mass is 10.1. The van der Waals surface area contributed by atoms with Crippen LogP contribution in [0.1, 0.15) is 20.7 Å². The molecule has 0 N–H and O–H groups in total. The molecule has 136 valence electrons. The molecule has 0 aliphatic carbocycles. The molecule has 3 aromatic carbocycles. The molecule has 0 saturated heterocycles. The van der Waals surface area contributed by atoms with E-state index in [1.807, 2.05) is 0 Å². The Labute approximate surface area is 154 Å². The first-order chi connectivity index (χ1) is 13.0. The predicted octanol–water partition coefficient (Wildman–Crippen LogP) is 4.45. The molecule has 0 atom stereocenters. The topological polar surface area (TPSA) is 52.6 Å². The molecule has 0 aromatic heterocycles. The van der Waals surface area contributed by atoms with E-state index in [9.17, 15) is 18.4 Å². The number of ether oxygens (including phenoxy) is 2. The van der Waals surface area contributed by atoms with Crippen molar-refractivity contribution in [2.45, 2.75) is 0 Å². The van der Waals surface area contributed by atoms with Crippen LogP contribution in [0.3, 0.4) is 0 Å². The van der Waals surface area contributed by atoms with Gasteiger partial charge < -0.3 is 9.47 Å². The van der Waals surface area contributed by atoms with Gasteiger partial charge in [0.25, 0.3) is 0 Å². The third kappa shape index (κ3) is 4.98. The van der Waals surface area contributed by atoms with E-state index in [0.29, 0.717) is 11.3 Å². The first-order valence-corrected chi connectivity index (χ1v) is 8.00. The Bertz CT molecular complexity index is 951. The summed E-state index contributed by atoms with van der Waals surface area (Å²) in [5.74, 6) is -1.29. The molecule has 3 aromatic rings. The van der Waals surface area contributed by atoms with Crippen molar-refractivity contribution in [2.75, 3.05) is 6.61 Å². The van der Waals surface area contributed by atoms with Crippen molar-refractivity contribution in [3.63, 3.8) is 0 Å². The summed E-state index contributed by atoms with van der Waals surface area (Å²) in [6, 6.07) is 16.3. The van der Waals surface area contributed by atoms with Crippen LogP contribution in [0.15, 0.2) is 72.8 Å². The SMILES string of the molecule is O=C(COc1cccc(OC(=O)c2ccc(F)cc2)c1)c1ccc(F)cc1. The van der Waals surface area contributed by atoms with Gasteiger partial charge in [0.2, 0.25) is 0 Å². The molecule has 27 heavy (non-hydrogen) atoms. The van der Waals surface area contributed by atoms with Gasteiger partial charge in [0.1, 0.15) is 23.1 Å². The molecule has 0 aliphatic heterocycles.